The van der Waals surface area contributed by atoms with Gasteiger partial charge in [-0.05, 0) is 6.92 Å². The summed E-state index contributed by atoms with van der Waals surface area (Å²) >= 11 is 3.48. The number of amides is 1. The first kappa shape index (κ1) is 12.9. The number of hydrogen-bond donors (Lipinski definition) is 2. The lowest BCUT2D eigenvalue weighted by Crippen LogP contribution is -2.49. The lowest BCUT2D eigenvalue weighted by atomic mass is 10.3. The van der Waals surface area contributed by atoms with E-state index in [9.17, 15) is 4.79 Å². The molecule has 0 bridgehead atoms. The Balaban J connectivity index is 1.69. The van der Waals surface area contributed by atoms with E-state index in [0.717, 1.165) is 35.2 Å². The predicted octanol–water partition coefficient (Wildman–Crippen LogP) is 0.815. The van der Waals surface area contributed by atoms with Crippen LogP contribution in [0.5, 0.6) is 0 Å². The lowest BCUT2D eigenvalue weighted by Gasteiger charge is -2.22. The van der Waals surface area contributed by atoms with Gasteiger partial charge >= 0.3 is 0 Å². The highest BCUT2D eigenvalue weighted by atomic mass is 32.2. The van der Waals surface area contributed by atoms with Gasteiger partial charge in [0.2, 0.25) is 5.91 Å². The third kappa shape index (κ3) is 3.97. The topological polar surface area (TPSA) is 54.0 Å². The third-order valence-electron chi connectivity index (χ3n) is 2.59. The van der Waals surface area contributed by atoms with Gasteiger partial charge in [-0.15, -0.1) is 11.3 Å². The number of carbonyl (C=O) groups is 1. The molecule has 1 unspecified atom stereocenters. The summed E-state index contributed by atoms with van der Waals surface area (Å²) in [6.45, 7) is 3.59. The van der Waals surface area contributed by atoms with Crippen LogP contribution < -0.4 is 10.6 Å². The molecule has 94 valence electrons. The molecule has 0 spiro atoms. The molecule has 1 saturated heterocycles. The molecule has 0 aromatic carbocycles. The van der Waals surface area contributed by atoms with Crippen molar-refractivity contribution in [3.05, 3.63) is 16.1 Å². The van der Waals surface area contributed by atoms with Crippen LogP contribution in [0.25, 0.3) is 0 Å². The Bertz CT molecular complexity index is 375. The smallest absolute Gasteiger partial charge is 0.238 e. The van der Waals surface area contributed by atoms with Gasteiger partial charge in [-0.3, -0.25) is 4.79 Å². The van der Waals surface area contributed by atoms with E-state index in [4.69, 9.17) is 0 Å². The summed E-state index contributed by atoms with van der Waals surface area (Å²) in [7, 11) is 0. The summed E-state index contributed by atoms with van der Waals surface area (Å²) in [6, 6.07) is -0.0223. The minimum atomic E-state index is -0.0223. The molecule has 1 aromatic rings. The van der Waals surface area contributed by atoms with Crippen molar-refractivity contribution in [1.82, 2.24) is 15.6 Å². The lowest BCUT2D eigenvalue weighted by molar-refractivity contribution is -0.122. The summed E-state index contributed by atoms with van der Waals surface area (Å²) in [5.74, 6) is 2.09. The van der Waals surface area contributed by atoms with E-state index in [-0.39, 0.29) is 11.9 Å². The Hall–Kier alpha value is -0.590. The number of hydrogen-bond acceptors (Lipinski definition) is 5. The molecular formula is C11H17N3OS2. The zero-order valence-electron chi connectivity index (χ0n) is 9.86. The molecule has 17 heavy (non-hydrogen) atoms. The maximum absolute atomic E-state index is 11.8. The van der Waals surface area contributed by atoms with E-state index in [0.29, 0.717) is 6.54 Å². The van der Waals surface area contributed by atoms with E-state index in [1.807, 2.05) is 18.7 Å². The molecule has 0 radical (unpaired) electrons. The second-order valence-electron chi connectivity index (χ2n) is 3.98. The summed E-state index contributed by atoms with van der Waals surface area (Å²) in [5.41, 5.74) is 1.07. The van der Waals surface area contributed by atoms with Crippen molar-refractivity contribution in [2.45, 2.75) is 19.4 Å². The van der Waals surface area contributed by atoms with Gasteiger partial charge in [0, 0.05) is 36.4 Å². The molecule has 2 heterocycles. The predicted molar refractivity (Wildman–Crippen MR) is 72.7 cm³/mol. The van der Waals surface area contributed by atoms with Gasteiger partial charge in [0.05, 0.1) is 16.7 Å². The zero-order chi connectivity index (χ0) is 12.1. The molecule has 4 nitrogen and oxygen atoms in total. The first-order valence-electron chi connectivity index (χ1n) is 5.75. The van der Waals surface area contributed by atoms with Gasteiger partial charge < -0.3 is 10.6 Å². The van der Waals surface area contributed by atoms with Gasteiger partial charge in [0.1, 0.15) is 0 Å². The van der Waals surface area contributed by atoms with E-state index in [1.165, 1.54) is 0 Å². The molecule has 0 aliphatic carbocycles. The van der Waals surface area contributed by atoms with Crippen LogP contribution in [0.15, 0.2) is 5.38 Å². The van der Waals surface area contributed by atoms with Gasteiger partial charge in [-0.1, -0.05) is 0 Å². The fraction of sp³-hybridized carbons (Fsp3) is 0.636. The van der Waals surface area contributed by atoms with Crippen LogP contribution >= 0.6 is 23.1 Å². The molecule has 1 amide bonds. The Morgan fingerprint density at radius 3 is 3.24 bits per heavy atom. The first-order valence-corrected chi connectivity index (χ1v) is 7.79. The number of thioether (sulfide) groups is 1. The molecule has 1 aromatic heterocycles. The van der Waals surface area contributed by atoms with Crippen molar-refractivity contribution in [2.75, 3.05) is 24.6 Å². The van der Waals surface area contributed by atoms with E-state index in [1.54, 1.807) is 11.3 Å². The van der Waals surface area contributed by atoms with Crippen LogP contribution in [0.1, 0.15) is 10.7 Å². The highest BCUT2D eigenvalue weighted by molar-refractivity contribution is 7.99. The van der Waals surface area contributed by atoms with Crippen molar-refractivity contribution in [2.24, 2.45) is 0 Å². The largest absolute Gasteiger partial charge is 0.354 e. The maximum atomic E-state index is 11.8. The van der Waals surface area contributed by atoms with Crippen molar-refractivity contribution in [1.29, 1.82) is 0 Å². The SMILES string of the molecule is Cc1nc(CCNC(=O)C2CSCCN2)cs1. The number of thiazole rings is 1. The summed E-state index contributed by atoms with van der Waals surface area (Å²) < 4.78 is 0. The van der Waals surface area contributed by atoms with Gasteiger partial charge in [-0.25, -0.2) is 4.98 Å². The van der Waals surface area contributed by atoms with Crippen molar-refractivity contribution in [3.8, 4) is 0 Å². The molecule has 6 heteroatoms. The highest BCUT2D eigenvalue weighted by Gasteiger charge is 2.20. The average molecular weight is 271 g/mol. The molecule has 2 N–H and O–H groups in total. The maximum Gasteiger partial charge on any atom is 0.238 e. The fourth-order valence-electron chi connectivity index (χ4n) is 1.69. The third-order valence-corrected chi connectivity index (χ3v) is 4.47. The average Bonchev–Trinajstić information content (AvgIpc) is 2.76. The van der Waals surface area contributed by atoms with Crippen molar-refractivity contribution < 1.29 is 4.79 Å². The quantitative estimate of drug-likeness (QED) is 0.851. The van der Waals surface area contributed by atoms with Crippen LogP contribution in [-0.2, 0) is 11.2 Å². The van der Waals surface area contributed by atoms with Crippen molar-refractivity contribution >= 4 is 29.0 Å². The van der Waals surface area contributed by atoms with E-state index in [2.05, 4.69) is 21.0 Å². The molecule has 1 atom stereocenters. The van der Waals surface area contributed by atoms with E-state index < -0.39 is 0 Å². The monoisotopic (exact) mass is 271 g/mol. The molecule has 1 aliphatic rings. The van der Waals surface area contributed by atoms with Crippen LogP contribution in [0.2, 0.25) is 0 Å². The second kappa shape index (κ2) is 6.37. The number of aryl methyl sites for hydroxylation is 1. The second-order valence-corrected chi connectivity index (χ2v) is 6.19. The number of aromatic nitrogens is 1. The fourth-order valence-corrected chi connectivity index (χ4v) is 3.27. The zero-order valence-corrected chi connectivity index (χ0v) is 11.5. The highest BCUT2D eigenvalue weighted by Crippen LogP contribution is 2.09. The Morgan fingerprint density at radius 2 is 2.59 bits per heavy atom. The van der Waals surface area contributed by atoms with E-state index >= 15 is 0 Å². The number of rotatable bonds is 4. The Kier molecular flexibility index (Phi) is 4.82. The van der Waals surface area contributed by atoms with Gasteiger partial charge in [0.15, 0.2) is 0 Å². The summed E-state index contributed by atoms with van der Waals surface area (Å²) in [5, 5.41) is 9.32. The normalized spacial score (nSPS) is 20.2. The summed E-state index contributed by atoms with van der Waals surface area (Å²) in [6.07, 6.45) is 0.815. The van der Waals surface area contributed by atoms with Crippen molar-refractivity contribution in [3.63, 3.8) is 0 Å². The number of nitrogens with one attached hydrogen (secondary N) is 2. The van der Waals surface area contributed by atoms with Crippen LogP contribution in [0.4, 0.5) is 0 Å². The number of carbonyl (C=O) groups excluding carboxylic acids is 1. The van der Waals surface area contributed by atoms with Crippen LogP contribution in [-0.4, -0.2) is 41.5 Å². The minimum absolute atomic E-state index is 0.0223. The molecule has 2 rings (SSSR count). The number of nitrogens with zero attached hydrogens (tertiary/aromatic N) is 1. The first-order chi connectivity index (χ1) is 8.25. The Morgan fingerprint density at radius 1 is 1.71 bits per heavy atom. The minimum Gasteiger partial charge on any atom is -0.354 e. The van der Waals surface area contributed by atoms with Gasteiger partial charge in [0.25, 0.3) is 0 Å². The standard InChI is InChI=1S/C11H17N3OS2/c1-8-14-9(6-17-8)2-3-13-11(15)10-7-16-5-4-12-10/h6,10,12H,2-5,7H2,1H3,(H,13,15). The molecule has 1 aliphatic heterocycles. The molecule has 1 fully saturated rings. The molecular weight excluding hydrogens is 254 g/mol. The van der Waals surface area contributed by atoms with Gasteiger partial charge in [-0.2, -0.15) is 11.8 Å². The summed E-state index contributed by atoms with van der Waals surface area (Å²) in [4.78, 5) is 16.2. The molecule has 0 saturated carbocycles. The Labute approximate surface area is 110 Å². The van der Waals surface area contributed by atoms with Crippen LogP contribution in [0, 0.1) is 6.92 Å². The van der Waals surface area contributed by atoms with Crippen LogP contribution in [0.3, 0.4) is 0 Å².